The van der Waals surface area contributed by atoms with Gasteiger partial charge in [0.2, 0.25) is 17.7 Å². The highest BCUT2D eigenvalue weighted by Gasteiger charge is 2.54. The van der Waals surface area contributed by atoms with Crippen LogP contribution < -0.4 is 16.8 Å². The lowest BCUT2D eigenvalue weighted by molar-refractivity contribution is -0.131. The summed E-state index contributed by atoms with van der Waals surface area (Å²) in [6, 6.07) is 13.0. The van der Waals surface area contributed by atoms with Crippen LogP contribution in [0.2, 0.25) is 0 Å². The van der Waals surface area contributed by atoms with E-state index < -0.39 is 17.2 Å². The summed E-state index contributed by atoms with van der Waals surface area (Å²) >= 11 is 0. The smallest absolute Gasteiger partial charge is 0.248 e. The number of fused-ring (bicyclic) bond motifs is 3. The number of likely N-dealkylation sites (tertiary alicyclic amines) is 1. The van der Waals surface area contributed by atoms with Gasteiger partial charge < -0.3 is 21.7 Å². The van der Waals surface area contributed by atoms with Gasteiger partial charge in [-0.3, -0.25) is 14.4 Å². The van der Waals surface area contributed by atoms with E-state index >= 15 is 0 Å². The van der Waals surface area contributed by atoms with E-state index in [1.807, 2.05) is 24.3 Å². The number of carbonyl (C=O) groups is 3. The number of hydrogen-bond acceptors (Lipinski definition) is 8. The highest BCUT2D eigenvalue weighted by Crippen LogP contribution is 2.50. The van der Waals surface area contributed by atoms with E-state index in [2.05, 4.69) is 32.0 Å². The molecule has 12 heteroatoms. The Morgan fingerprint density at radius 2 is 1.70 bits per heavy atom. The first-order valence-corrected chi connectivity index (χ1v) is 14.8. The lowest BCUT2D eigenvalue weighted by Gasteiger charge is -2.37. The number of amides is 3. The number of rotatable bonds is 9. The maximum Gasteiger partial charge on any atom is 0.248 e. The highest BCUT2D eigenvalue weighted by atomic mass is 16.2. The Morgan fingerprint density at radius 1 is 1.05 bits per heavy atom. The minimum Gasteiger partial charge on any atom is -0.366 e. The van der Waals surface area contributed by atoms with Crippen molar-refractivity contribution in [3.63, 3.8) is 0 Å². The SMILES string of the molecule is N#CC1C[C@@H]2C[C@@H]2N1C(=O)CN[C@H](CC1(c2nn[nH]n2)c2ccc(C(N)=O)cc2CCc2cc(C(N)=O)ccc21)C1CC1. The molecule has 2 aromatic carbocycles. The monoisotopic (exact) mass is 579 g/mol. The predicted molar refractivity (Wildman–Crippen MR) is 153 cm³/mol. The number of nitriles is 1. The number of nitrogens with one attached hydrogen (secondary N) is 2. The van der Waals surface area contributed by atoms with Crippen molar-refractivity contribution in [3.05, 3.63) is 75.6 Å². The molecule has 3 aliphatic carbocycles. The molecule has 2 saturated carbocycles. The fourth-order valence-electron chi connectivity index (χ4n) is 7.52. The molecule has 1 saturated heterocycles. The molecule has 3 aromatic rings. The molecule has 1 aliphatic heterocycles. The van der Waals surface area contributed by atoms with Gasteiger partial charge in [-0.1, -0.05) is 17.3 Å². The number of piperidine rings is 1. The lowest BCUT2D eigenvalue weighted by Crippen LogP contribution is -2.48. The van der Waals surface area contributed by atoms with Gasteiger partial charge in [0, 0.05) is 23.2 Å². The summed E-state index contributed by atoms with van der Waals surface area (Å²) in [6.45, 7) is 0.131. The van der Waals surface area contributed by atoms with Gasteiger partial charge in [0.25, 0.3) is 0 Å². The van der Waals surface area contributed by atoms with Crippen LogP contribution in [0.4, 0.5) is 0 Å². The van der Waals surface area contributed by atoms with E-state index in [1.54, 1.807) is 17.0 Å². The molecule has 4 aliphatic rings. The average molecular weight is 580 g/mol. The number of nitrogens with zero attached hydrogens (tertiary/aromatic N) is 5. The molecule has 6 N–H and O–H groups in total. The second-order valence-electron chi connectivity index (χ2n) is 12.4. The molecule has 220 valence electrons. The fraction of sp³-hybridized carbons (Fsp3) is 0.452. The van der Waals surface area contributed by atoms with Crippen LogP contribution in [0.15, 0.2) is 36.4 Å². The number of aromatic amines is 1. The summed E-state index contributed by atoms with van der Waals surface area (Å²) in [7, 11) is 0. The van der Waals surface area contributed by atoms with Crippen LogP contribution in [-0.2, 0) is 23.1 Å². The molecule has 7 rings (SSSR count). The number of benzene rings is 2. The van der Waals surface area contributed by atoms with Crippen LogP contribution in [0.25, 0.3) is 0 Å². The van der Waals surface area contributed by atoms with Gasteiger partial charge in [0.05, 0.1) is 18.0 Å². The Kier molecular flexibility index (Phi) is 6.50. The predicted octanol–water partition coefficient (Wildman–Crippen LogP) is 1.10. The van der Waals surface area contributed by atoms with Crippen molar-refractivity contribution in [1.82, 2.24) is 30.8 Å². The largest absolute Gasteiger partial charge is 0.366 e. The second-order valence-corrected chi connectivity index (χ2v) is 12.4. The van der Waals surface area contributed by atoms with E-state index in [4.69, 9.17) is 11.5 Å². The Labute approximate surface area is 248 Å². The number of primary amides is 2. The van der Waals surface area contributed by atoms with Crippen LogP contribution in [0.3, 0.4) is 0 Å². The van der Waals surface area contributed by atoms with Crippen molar-refractivity contribution >= 4 is 17.7 Å². The third kappa shape index (κ3) is 4.64. The maximum atomic E-state index is 13.4. The van der Waals surface area contributed by atoms with Crippen LogP contribution >= 0.6 is 0 Å². The fourth-order valence-corrected chi connectivity index (χ4v) is 7.52. The molecule has 43 heavy (non-hydrogen) atoms. The number of nitrogens with two attached hydrogens (primary N) is 2. The van der Waals surface area contributed by atoms with Crippen molar-refractivity contribution in [1.29, 1.82) is 5.26 Å². The van der Waals surface area contributed by atoms with Crippen LogP contribution in [0, 0.1) is 23.2 Å². The molecule has 1 aromatic heterocycles. The molecule has 3 fully saturated rings. The van der Waals surface area contributed by atoms with E-state index in [1.165, 1.54) is 0 Å². The second kappa shape index (κ2) is 10.3. The number of carbonyl (C=O) groups excluding carboxylic acids is 3. The molecule has 0 bridgehead atoms. The van der Waals surface area contributed by atoms with E-state index in [0.29, 0.717) is 48.0 Å². The van der Waals surface area contributed by atoms with Gasteiger partial charge in [0.1, 0.15) is 6.04 Å². The number of tetrazole rings is 1. The lowest BCUT2D eigenvalue weighted by atomic mass is 9.67. The van der Waals surface area contributed by atoms with Crippen molar-refractivity contribution in [3.8, 4) is 6.07 Å². The molecule has 0 radical (unpaired) electrons. The Hall–Kier alpha value is -4.63. The zero-order chi connectivity index (χ0) is 29.9. The van der Waals surface area contributed by atoms with Gasteiger partial charge in [-0.15, -0.1) is 10.2 Å². The van der Waals surface area contributed by atoms with Crippen LogP contribution in [-0.4, -0.2) is 67.9 Å². The van der Waals surface area contributed by atoms with Crippen LogP contribution in [0.5, 0.6) is 0 Å². The van der Waals surface area contributed by atoms with Gasteiger partial charge in [-0.2, -0.15) is 10.5 Å². The van der Waals surface area contributed by atoms with Crippen molar-refractivity contribution < 1.29 is 14.4 Å². The summed E-state index contributed by atoms with van der Waals surface area (Å²) in [5, 5.41) is 28.8. The van der Waals surface area contributed by atoms with Gasteiger partial charge in [0.15, 0.2) is 5.82 Å². The highest BCUT2D eigenvalue weighted by molar-refractivity contribution is 5.94. The van der Waals surface area contributed by atoms with Crippen molar-refractivity contribution in [2.45, 2.75) is 68.5 Å². The molecule has 2 heterocycles. The minimum atomic E-state index is -0.922. The molecular weight excluding hydrogens is 546 g/mol. The van der Waals surface area contributed by atoms with Gasteiger partial charge in [-0.25, -0.2) is 0 Å². The zero-order valence-electron chi connectivity index (χ0n) is 23.6. The average Bonchev–Trinajstić information content (AvgIpc) is 3.91. The zero-order valence-corrected chi connectivity index (χ0v) is 23.6. The normalized spacial score (nSPS) is 23.7. The van der Waals surface area contributed by atoms with E-state index in [9.17, 15) is 19.6 Å². The molecule has 1 unspecified atom stereocenters. The molecule has 4 atom stereocenters. The number of H-pyrrole nitrogens is 1. The first kappa shape index (κ1) is 27.2. The molecule has 0 spiro atoms. The Bertz CT molecular complexity index is 1590. The summed E-state index contributed by atoms with van der Waals surface area (Å²) in [5.74, 6) is 0.160. The number of hydrogen-bond donors (Lipinski definition) is 4. The summed E-state index contributed by atoms with van der Waals surface area (Å²) < 4.78 is 0. The van der Waals surface area contributed by atoms with Crippen molar-refractivity contribution in [2.24, 2.45) is 23.3 Å². The molecule has 3 amide bonds. The van der Waals surface area contributed by atoms with E-state index in [-0.39, 0.29) is 30.6 Å². The van der Waals surface area contributed by atoms with Crippen molar-refractivity contribution in [2.75, 3.05) is 6.54 Å². The number of aromatic nitrogens is 4. The Morgan fingerprint density at radius 3 is 2.23 bits per heavy atom. The Balaban J connectivity index is 1.32. The number of aryl methyl sites for hydroxylation is 2. The van der Waals surface area contributed by atoms with E-state index in [0.717, 1.165) is 47.9 Å². The third-order valence-electron chi connectivity index (χ3n) is 9.86. The van der Waals surface area contributed by atoms with Crippen LogP contribution in [0.1, 0.15) is 80.9 Å². The molecular formula is C31H33N9O3. The summed E-state index contributed by atoms with van der Waals surface area (Å²) in [4.78, 5) is 39.6. The van der Waals surface area contributed by atoms with Gasteiger partial charge >= 0.3 is 0 Å². The third-order valence-corrected chi connectivity index (χ3v) is 9.86. The summed E-state index contributed by atoms with van der Waals surface area (Å²) in [5.41, 5.74) is 14.9. The standard InChI is InChI=1S/C31H33N9O3/c32-14-22-11-21-12-26(21)40(22)27(41)15-35-25(16-1-2-16)13-31(30-36-38-39-37-30)23-7-5-19(28(33)42)9-17(23)3-4-18-10-20(29(34)43)6-8-24(18)31/h5-10,16,21-22,25-26,35H,1-4,11-13,15H2,(H2,33,42)(H2,34,43)(H,36,37,38,39)/t21-,22?,25-,26+/m1/s1. The first-order valence-electron chi connectivity index (χ1n) is 14.8. The topological polar surface area (TPSA) is 197 Å². The molecule has 12 nitrogen and oxygen atoms in total. The minimum absolute atomic E-state index is 0.0466. The maximum absolute atomic E-state index is 13.4. The summed E-state index contributed by atoms with van der Waals surface area (Å²) in [6.07, 6.45) is 5.47. The van der Waals surface area contributed by atoms with Gasteiger partial charge in [-0.05, 0) is 103 Å². The quantitative estimate of drug-likeness (QED) is 0.289. The first-order chi connectivity index (χ1) is 20.8.